The Bertz CT molecular complexity index is 727. The summed E-state index contributed by atoms with van der Waals surface area (Å²) in [6, 6.07) is 14.0. The SMILES string of the molecule is CC(Oc1ccc(F)cc1)C(=O)NCc1cccc(CN2CCCC2)c1. The third kappa shape index (κ3) is 5.30. The molecule has 26 heavy (non-hydrogen) atoms. The van der Waals surface area contributed by atoms with Crippen molar-refractivity contribution in [1.29, 1.82) is 0 Å². The normalized spacial score (nSPS) is 15.6. The van der Waals surface area contributed by atoms with Gasteiger partial charge in [0.2, 0.25) is 0 Å². The average Bonchev–Trinajstić information content (AvgIpc) is 3.15. The van der Waals surface area contributed by atoms with Gasteiger partial charge in [-0.1, -0.05) is 24.3 Å². The van der Waals surface area contributed by atoms with E-state index in [9.17, 15) is 9.18 Å². The van der Waals surface area contributed by atoms with Crippen LogP contribution in [0.4, 0.5) is 4.39 Å². The third-order valence-corrected chi connectivity index (χ3v) is 4.56. The first-order chi connectivity index (χ1) is 12.6. The molecule has 0 radical (unpaired) electrons. The molecule has 1 aliphatic rings. The number of likely N-dealkylation sites (tertiary alicyclic amines) is 1. The summed E-state index contributed by atoms with van der Waals surface area (Å²) in [6.45, 7) is 5.44. The Morgan fingerprint density at radius 1 is 1.15 bits per heavy atom. The van der Waals surface area contributed by atoms with Gasteiger partial charge in [-0.25, -0.2) is 4.39 Å². The number of nitrogens with one attached hydrogen (secondary N) is 1. The van der Waals surface area contributed by atoms with Gasteiger partial charge in [-0.3, -0.25) is 9.69 Å². The van der Waals surface area contributed by atoms with E-state index in [1.807, 2.05) is 12.1 Å². The van der Waals surface area contributed by atoms with Crippen molar-refractivity contribution < 1.29 is 13.9 Å². The summed E-state index contributed by atoms with van der Waals surface area (Å²) in [5, 5.41) is 2.90. The molecule has 0 aliphatic carbocycles. The molecule has 1 N–H and O–H groups in total. The van der Waals surface area contributed by atoms with E-state index in [4.69, 9.17) is 4.74 Å². The minimum Gasteiger partial charge on any atom is -0.481 e. The van der Waals surface area contributed by atoms with Crippen LogP contribution < -0.4 is 10.1 Å². The molecular weight excluding hydrogens is 331 g/mol. The van der Waals surface area contributed by atoms with Gasteiger partial charge >= 0.3 is 0 Å². The summed E-state index contributed by atoms with van der Waals surface area (Å²) in [5.41, 5.74) is 2.35. The van der Waals surface area contributed by atoms with Gasteiger partial charge in [0.05, 0.1) is 0 Å². The van der Waals surface area contributed by atoms with E-state index in [-0.39, 0.29) is 11.7 Å². The lowest BCUT2D eigenvalue weighted by atomic mass is 10.1. The number of hydrogen-bond donors (Lipinski definition) is 1. The van der Waals surface area contributed by atoms with Crippen molar-refractivity contribution in [1.82, 2.24) is 10.2 Å². The van der Waals surface area contributed by atoms with Crippen molar-refractivity contribution in [3.8, 4) is 5.75 Å². The molecule has 1 unspecified atom stereocenters. The minimum atomic E-state index is -0.645. The Labute approximate surface area is 154 Å². The van der Waals surface area contributed by atoms with Crippen molar-refractivity contribution >= 4 is 5.91 Å². The Morgan fingerprint density at radius 3 is 2.58 bits per heavy atom. The lowest BCUT2D eigenvalue weighted by Gasteiger charge is -2.16. The predicted octanol–water partition coefficient (Wildman–Crippen LogP) is 3.51. The quantitative estimate of drug-likeness (QED) is 0.825. The summed E-state index contributed by atoms with van der Waals surface area (Å²) in [7, 11) is 0. The van der Waals surface area contributed by atoms with E-state index < -0.39 is 6.10 Å². The Kier molecular flexibility index (Phi) is 6.23. The number of ether oxygens (including phenoxy) is 1. The number of carbonyl (C=O) groups excluding carboxylic acids is 1. The van der Waals surface area contributed by atoms with Crippen molar-refractivity contribution in [3.05, 3.63) is 65.5 Å². The van der Waals surface area contributed by atoms with Crippen molar-refractivity contribution in [3.63, 3.8) is 0 Å². The Balaban J connectivity index is 1.49. The van der Waals surface area contributed by atoms with Gasteiger partial charge in [0, 0.05) is 13.1 Å². The van der Waals surface area contributed by atoms with Crippen LogP contribution in [0.5, 0.6) is 5.75 Å². The molecular formula is C21H25FN2O2. The van der Waals surface area contributed by atoms with Crippen LogP contribution in [0.1, 0.15) is 30.9 Å². The molecule has 138 valence electrons. The molecule has 1 amide bonds. The second-order valence-electron chi connectivity index (χ2n) is 6.74. The highest BCUT2D eigenvalue weighted by molar-refractivity contribution is 5.80. The molecule has 2 aromatic carbocycles. The van der Waals surface area contributed by atoms with Crippen LogP contribution >= 0.6 is 0 Å². The smallest absolute Gasteiger partial charge is 0.261 e. The number of hydrogen-bond acceptors (Lipinski definition) is 3. The maximum Gasteiger partial charge on any atom is 0.261 e. The molecule has 1 heterocycles. The van der Waals surface area contributed by atoms with E-state index in [0.29, 0.717) is 12.3 Å². The lowest BCUT2D eigenvalue weighted by molar-refractivity contribution is -0.127. The maximum atomic E-state index is 12.9. The highest BCUT2D eigenvalue weighted by atomic mass is 19.1. The molecule has 0 spiro atoms. The van der Waals surface area contributed by atoms with Crippen LogP contribution in [-0.4, -0.2) is 30.0 Å². The zero-order chi connectivity index (χ0) is 18.4. The minimum absolute atomic E-state index is 0.195. The topological polar surface area (TPSA) is 41.6 Å². The van der Waals surface area contributed by atoms with Crippen LogP contribution in [0.25, 0.3) is 0 Å². The molecule has 1 saturated heterocycles. The fraction of sp³-hybridized carbons (Fsp3) is 0.381. The first-order valence-electron chi connectivity index (χ1n) is 9.10. The summed E-state index contributed by atoms with van der Waals surface area (Å²) >= 11 is 0. The molecule has 4 nitrogen and oxygen atoms in total. The molecule has 0 aromatic heterocycles. The average molecular weight is 356 g/mol. The lowest BCUT2D eigenvalue weighted by Crippen LogP contribution is -2.35. The fourth-order valence-electron chi connectivity index (χ4n) is 3.14. The van der Waals surface area contributed by atoms with E-state index in [1.165, 1.54) is 55.8 Å². The van der Waals surface area contributed by atoms with E-state index >= 15 is 0 Å². The second-order valence-corrected chi connectivity index (χ2v) is 6.74. The first kappa shape index (κ1) is 18.4. The number of benzene rings is 2. The largest absolute Gasteiger partial charge is 0.481 e. The monoisotopic (exact) mass is 356 g/mol. The molecule has 0 saturated carbocycles. The number of nitrogens with zero attached hydrogens (tertiary/aromatic N) is 1. The number of carbonyl (C=O) groups is 1. The Morgan fingerprint density at radius 2 is 1.85 bits per heavy atom. The standard InChI is InChI=1S/C21H25FN2O2/c1-16(26-20-9-7-19(22)8-10-20)21(25)23-14-17-5-4-6-18(13-17)15-24-11-2-3-12-24/h4-10,13,16H,2-3,11-12,14-15H2,1H3,(H,23,25). The summed E-state index contributed by atoms with van der Waals surface area (Å²) < 4.78 is 18.5. The van der Waals surface area contributed by atoms with Crippen LogP contribution in [0.3, 0.4) is 0 Å². The summed E-state index contributed by atoms with van der Waals surface area (Å²) in [5.74, 6) is -0.0517. The summed E-state index contributed by atoms with van der Waals surface area (Å²) in [4.78, 5) is 14.7. The van der Waals surface area contributed by atoms with Crippen LogP contribution in [0.15, 0.2) is 48.5 Å². The van der Waals surface area contributed by atoms with E-state index in [0.717, 1.165) is 12.1 Å². The molecule has 2 aromatic rings. The van der Waals surface area contributed by atoms with Crippen molar-refractivity contribution in [2.75, 3.05) is 13.1 Å². The number of amides is 1. The highest BCUT2D eigenvalue weighted by Crippen LogP contribution is 2.15. The molecule has 0 bridgehead atoms. The third-order valence-electron chi connectivity index (χ3n) is 4.56. The number of rotatable bonds is 7. The zero-order valence-electron chi connectivity index (χ0n) is 15.1. The van der Waals surface area contributed by atoms with Gasteiger partial charge in [0.15, 0.2) is 6.10 Å². The molecule has 5 heteroatoms. The second kappa shape index (κ2) is 8.81. The first-order valence-corrected chi connectivity index (χ1v) is 9.10. The van der Waals surface area contributed by atoms with Crippen molar-refractivity contribution in [2.24, 2.45) is 0 Å². The molecule has 1 atom stereocenters. The van der Waals surface area contributed by atoms with Gasteiger partial charge in [-0.2, -0.15) is 0 Å². The maximum absolute atomic E-state index is 12.9. The summed E-state index contributed by atoms with van der Waals surface area (Å²) in [6.07, 6.45) is 1.91. The zero-order valence-corrected chi connectivity index (χ0v) is 15.1. The van der Waals surface area contributed by atoms with Gasteiger partial charge in [0.25, 0.3) is 5.91 Å². The van der Waals surface area contributed by atoms with Crippen LogP contribution in [0.2, 0.25) is 0 Å². The van der Waals surface area contributed by atoms with E-state index in [1.54, 1.807) is 6.92 Å². The van der Waals surface area contributed by atoms with Gasteiger partial charge < -0.3 is 10.1 Å². The number of halogens is 1. The highest BCUT2D eigenvalue weighted by Gasteiger charge is 2.15. The molecule has 3 rings (SSSR count). The molecule has 1 aliphatic heterocycles. The molecule has 1 fully saturated rings. The Hall–Kier alpha value is -2.40. The predicted molar refractivity (Wildman–Crippen MR) is 99.3 cm³/mol. The van der Waals surface area contributed by atoms with Gasteiger partial charge in [-0.05, 0) is 68.2 Å². The van der Waals surface area contributed by atoms with E-state index in [2.05, 4.69) is 22.3 Å². The van der Waals surface area contributed by atoms with Gasteiger partial charge in [0.1, 0.15) is 11.6 Å². The van der Waals surface area contributed by atoms with Crippen LogP contribution in [0, 0.1) is 5.82 Å². The van der Waals surface area contributed by atoms with Crippen molar-refractivity contribution in [2.45, 2.75) is 39.0 Å². The fourth-order valence-corrected chi connectivity index (χ4v) is 3.14. The van der Waals surface area contributed by atoms with Crippen LogP contribution in [-0.2, 0) is 17.9 Å². The van der Waals surface area contributed by atoms with Gasteiger partial charge in [-0.15, -0.1) is 0 Å².